The first-order valence-electron chi connectivity index (χ1n) is 7.56. The number of hydrogen-bond donors (Lipinski definition) is 4. The van der Waals surface area contributed by atoms with Gasteiger partial charge in [0.1, 0.15) is 0 Å². The van der Waals surface area contributed by atoms with E-state index in [-0.39, 0.29) is 36.5 Å². The molecule has 0 atom stereocenters. The molecule has 0 radical (unpaired) electrons. The van der Waals surface area contributed by atoms with Crippen molar-refractivity contribution in [2.75, 3.05) is 0 Å². The Morgan fingerprint density at radius 2 is 1.24 bits per heavy atom. The summed E-state index contributed by atoms with van der Waals surface area (Å²) in [5.41, 5.74) is -4.38. The molecular weight excluding hydrogens is 395 g/mol. The van der Waals surface area contributed by atoms with E-state index in [2.05, 4.69) is 0 Å². The van der Waals surface area contributed by atoms with E-state index in [1.807, 2.05) is 0 Å². The molecule has 9 nitrogen and oxygen atoms in total. The van der Waals surface area contributed by atoms with Crippen LogP contribution in [0.3, 0.4) is 0 Å². The van der Waals surface area contributed by atoms with Crippen molar-refractivity contribution < 1.29 is 75.4 Å². The number of carboxylic acids is 4. The van der Waals surface area contributed by atoms with Crippen molar-refractivity contribution in [3.05, 3.63) is 75.9 Å². The van der Waals surface area contributed by atoms with Crippen LogP contribution in [0, 0.1) is 0 Å². The van der Waals surface area contributed by atoms with E-state index >= 15 is 0 Å². The number of rotatable bonds is 7. The predicted molar refractivity (Wildman–Crippen MR) is 95.2 cm³/mol. The third-order valence-electron chi connectivity index (χ3n) is 3.70. The molecule has 0 unspecified atom stereocenters. The molecule has 0 fully saturated rings. The van der Waals surface area contributed by atoms with E-state index in [1.54, 1.807) is 18.2 Å². The minimum absolute atomic E-state index is 0. The smallest absolute Gasteiger partial charge is 1.00 e. The molecule has 0 aliphatic heterocycles. The van der Waals surface area contributed by atoms with Crippen LogP contribution in [-0.2, 0) is 0 Å². The number of carboxylic acid groups (broad SMARTS) is 4. The molecule has 10 heteroatoms. The summed E-state index contributed by atoms with van der Waals surface area (Å²) < 4.78 is 0. The molecule has 0 amide bonds. The van der Waals surface area contributed by atoms with Crippen molar-refractivity contribution >= 4 is 35.7 Å². The molecule has 0 saturated heterocycles. The Morgan fingerprint density at radius 3 is 1.69 bits per heavy atom. The number of ketones is 1. The Bertz CT molecular complexity index is 1050. The van der Waals surface area contributed by atoms with Gasteiger partial charge < -0.3 is 21.9 Å². The first-order chi connectivity index (χ1) is 13.1. The van der Waals surface area contributed by atoms with Crippen LogP contribution in [-0.4, -0.2) is 50.1 Å². The largest absolute Gasteiger partial charge is 1.00 e. The van der Waals surface area contributed by atoms with Crippen molar-refractivity contribution in [2.45, 2.75) is 0 Å². The van der Waals surface area contributed by atoms with E-state index in [0.717, 1.165) is 12.2 Å². The standard InChI is InChI=1S/C19H12O9.Na.H/c20-12(9-4-2-1-3-5-9)7-6-10-8-11(16(21)22)14(18(25)26)15(19(27)28)13(10)17(23)24;;/h1-8H,(H,21,22)(H,23,24)(H,25,26)(H,27,28);;/q;+1;-1. The number of hydrogen-bond acceptors (Lipinski definition) is 5. The van der Waals surface area contributed by atoms with Gasteiger partial charge in [0, 0.05) is 5.56 Å². The van der Waals surface area contributed by atoms with Crippen LogP contribution in [0.25, 0.3) is 6.08 Å². The van der Waals surface area contributed by atoms with Crippen LogP contribution in [0.15, 0.2) is 42.5 Å². The molecule has 0 aliphatic rings. The average Bonchev–Trinajstić information content (AvgIpc) is 2.64. The normalized spacial score (nSPS) is 10.2. The first-order valence-corrected chi connectivity index (χ1v) is 7.56. The molecule has 0 aliphatic carbocycles. The maximum absolute atomic E-state index is 12.2. The van der Waals surface area contributed by atoms with E-state index in [1.165, 1.54) is 12.1 Å². The van der Waals surface area contributed by atoms with E-state index < -0.39 is 57.5 Å². The van der Waals surface area contributed by atoms with Gasteiger partial charge in [-0.25, -0.2) is 19.2 Å². The Labute approximate surface area is 186 Å². The van der Waals surface area contributed by atoms with Gasteiger partial charge >= 0.3 is 53.4 Å². The molecule has 144 valence electrons. The third kappa shape index (κ3) is 5.17. The SMILES string of the molecule is O=C(C=Cc1cc(C(=O)O)c(C(=O)O)c(C(=O)O)c1C(=O)O)c1ccccc1.[H-].[Na+]. The molecule has 0 bridgehead atoms. The monoisotopic (exact) mass is 408 g/mol. The van der Waals surface area contributed by atoms with Gasteiger partial charge in [-0.2, -0.15) is 0 Å². The van der Waals surface area contributed by atoms with Crippen LogP contribution in [0.4, 0.5) is 0 Å². The summed E-state index contributed by atoms with van der Waals surface area (Å²) in [6, 6.07) is 8.54. The summed E-state index contributed by atoms with van der Waals surface area (Å²) in [4.78, 5) is 58.1. The molecule has 0 heterocycles. The fourth-order valence-electron chi connectivity index (χ4n) is 2.53. The summed E-state index contributed by atoms with van der Waals surface area (Å²) >= 11 is 0. The molecular formula is C19H13NaO9. The van der Waals surface area contributed by atoms with Gasteiger partial charge in [0.2, 0.25) is 0 Å². The fourth-order valence-corrected chi connectivity index (χ4v) is 2.53. The number of benzene rings is 2. The molecule has 2 aromatic rings. The van der Waals surface area contributed by atoms with Crippen LogP contribution in [0.1, 0.15) is 58.8 Å². The van der Waals surface area contributed by atoms with Crippen LogP contribution in [0.2, 0.25) is 0 Å². The Hall–Kier alpha value is -3.27. The van der Waals surface area contributed by atoms with Crippen molar-refractivity contribution in [3.8, 4) is 0 Å². The topological polar surface area (TPSA) is 166 Å². The van der Waals surface area contributed by atoms with Crippen molar-refractivity contribution in [1.82, 2.24) is 0 Å². The van der Waals surface area contributed by atoms with Crippen molar-refractivity contribution in [3.63, 3.8) is 0 Å². The van der Waals surface area contributed by atoms with Gasteiger partial charge in [0.25, 0.3) is 0 Å². The zero-order chi connectivity index (χ0) is 21.0. The molecule has 4 N–H and O–H groups in total. The second-order valence-electron chi connectivity index (χ2n) is 5.42. The molecule has 0 aromatic heterocycles. The second kappa shape index (κ2) is 9.78. The van der Waals surface area contributed by atoms with E-state index in [0.29, 0.717) is 6.07 Å². The van der Waals surface area contributed by atoms with Crippen LogP contribution >= 0.6 is 0 Å². The number of aromatic carboxylic acids is 4. The average molecular weight is 408 g/mol. The summed E-state index contributed by atoms with van der Waals surface area (Å²) in [6.07, 6.45) is 1.87. The third-order valence-corrected chi connectivity index (χ3v) is 3.70. The van der Waals surface area contributed by atoms with Crippen LogP contribution < -0.4 is 29.6 Å². The zero-order valence-corrected chi connectivity index (χ0v) is 16.9. The van der Waals surface area contributed by atoms with Gasteiger partial charge in [0.05, 0.1) is 22.3 Å². The van der Waals surface area contributed by atoms with E-state index in [4.69, 9.17) is 0 Å². The van der Waals surface area contributed by atoms with Gasteiger partial charge in [-0.3, -0.25) is 4.79 Å². The number of allylic oxidation sites excluding steroid dienone is 1. The van der Waals surface area contributed by atoms with Crippen molar-refractivity contribution in [2.24, 2.45) is 0 Å². The second-order valence-corrected chi connectivity index (χ2v) is 5.42. The maximum Gasteiger partial charge on any atom is 1.00 e. The summed E-state index contributed by atoms with van der Waals surface area (Å²) in [7, 11) is 0. The molecule has 2 aromatic carbocycles. The summed E-state index contributed by atoms with van der Waals surface area (Å²) in [6.45, 7) is 0. The Morgan fingerprint density at radius 1 is 0.724 bits per heavy atom. The zero-order valence-electron chi connectivity index (χ0n) is 15.9. The number of carbonyl (C=O) groups is 5. The summed E-state index contributed by atoms with van der Waals surface area (Å²) in [5, 5.41) is 37.2. The fraction of sp³-hybridized carbons (Fsp3) is 0. The van der Waals surface area contributed by atoms with E-state index in [9.17, 15) is 44.4 Å². The minimum atomic E-state index is -1.93. The van der Waals surface area contributed by atoms with Crippen LogP contribution in [0.5, 0.6) is 0 Å². The summed E-state index contributed by atoms with van der Waals surface area (Å²) in [5.74, 6) is -7.94. The van der Waals surface area contributed by atoms with Gasteiger partial charge in [0.15, 0.2) is 5.78 Å². The first kappa shape index (κ1) is 23.8. The van der Waals surface area contributed by atoms with Gasteiger partial charge in [-0.05, 0) is 17.7 Å². The van der Waals surface area contributed by atoms with Gasteiger partial charge in [-0.1, -0.05) is 36.4 Å². The van der Waals surface area contributed by atoms with Gasteiger partial charge in [-0.15, -0.1) is 0 Å². The number of carbonyl (C=O) groups excluding carboxylic acids is 1. The molecule has 2 rings (SSSR count). The molecule has 29 heavy (non-hydrogen) atoms. The molecule has 0 saturated carbocycles. The van der Waals surface area contributed by atoms with Crippen molar-refractivity contribution in [1.29, 1.82) is 0 Å². The molecule has 0 spiro atoms. The Kier molecular flexibility index (Phi) is 8.02. The maximum atomic E-state index is 12.2. The quantitative estimate of drug-likeness (QED) is 0.268. The minimum Gasteiger partial charge on any atom is -1.00 e. The predicted octanol–water partition coefficient (Wildman–Crippen LogP) is -0.508. The Balaban J connectivity index is 0.00000420.